The molecule has 0 radical (unpaired) electrons. The number of carbonyl (C=O) groups is 1. The minimum Gasteiger partial charge on any atom is -0.372 e. The topological polar surface area (TPSA) is 67.6 Å². The van der Waals surface area contributed by atoms with Crippen LogP contribution in [0.15, 0.2) is 36.4 Å². The van der Waals surface area contributed by atoms with Crippen molar-refractivity contribution in [3.05, 3.63) is 63.7 Å². The number of halogens is 4. The van der Waals surface area contributed by atoms with E-state index in [0.29, 0.717) is 25.7 Å². The quantitative estimate of drug-likeness (QED) is 0.716. The lowest BCUT2D eigenvalue weighted by Crippen LogP contribution is -2.44. The molecule has 31 heavy (non-hydrogen) atoms. The van der Waals surface area contributed by atoms with Crippen molar-refractivity contribution in [2.24, 2.45) is 0 Å². The van der Waals surface area contributed by atoms with Gasteiger partial charge in [0.15, 0.2) is 5.60 Å². The minimum absolute atomic E-state index is 0.0348. The molecule has 1 heterocycles. The Kier molecular flexibility index (Phi) is 6.33. The Morgan fingerprint density at radius 3 is 2.42 bits per heavy atom. The first kappa shape index (κ1) is 23.1. The van der Waals surface area contributed by atoms with E-state index in [-0.39, 0.29) is 28.4 Å². The largest absolute Gasteiger partial charge is 0.416 e. The number of rotatable bonds is 6. The van der Waals surface area contributed by atoms with Crippen molar-refractivity contribution in [2.75, 3.05) is 31.1 Å². The van der Waals surface area contributed by atoms with E-state index in [9.17, 15) is 28.3 Å². The van der Waals surface area contributed by atoms with Crippen LogP contribution < -0.4 is 4.90 Å². The van der Waals surface area contributed by atoms with Gasteiger partial charge < -0.3 is 14.9 Å². The number of aliphatic hydroxyl groups is 1. The fourth-order valence-electron chi connectivity index (χ4n) is 3.93. The standard InChI is InChI=1S/C22H21ClF3N3O2/c1-3-28(4-2)9-10-29-18-12-14(13-27)11-16(22(24,25)26)19(18)21(31,20(29)30)15-7-5-6-8-17(15)23/h5-8,11-12,31H,3-4,9-10H2,1-2H3/t21-/m1/s1. The van der Waals surface area contributed by atoms with Crippen LogP contribution in [0.1, 0.15) is 36.1 Å². The van der Waals surface area contributed by atoms with Crippen molar-refractivity contribution in [3.63, 3.8) is 0 Å². The maximum absolute atomic E-state index is 14.0. The van der Waals surface area contributed by atoms with Crippen molar-refractivity contribution < 1.29 is 23.1 Å². The second-order valence-electron chi connectivity index (χ2n) is 7.20. The monoisotopic (exact) mass is 451 g/mol. The number of anilines is 1. The van der Waals surface area contributed by atoms with E-state index in [0.717, 1.165) is 4.90 Å². The van der Waals surface area contributed by atoms with Crippen LogP contribution in [0.2, 0.25) is 5.02 Å². The van der Waals surface area contributed by atoms with Crippen molar-refractivity contribution in [2.45, 2.75) is 25.6 Å². The highest BCUT2D eigenvalue weighted by Gasteiger charge is 2.56. The summed E-state index contributed by atoms with van der Waals surface area (Å²) in [4.78, 5) is 16.6. The predicted molar refractivity (Wildman–Crippen MR) is 111 cm³/mol. The number of benzene rings is 2. The summed E-state index contributed by atoms with van der Waals surface area (Å²) in [7, 11) is 0. The molecule has 0 aromatic heterocycles. The van der Waals surface area contributed by atoms with Gasteiger partial charge in [-0.3, -0.25) is 4.79 Å². The summed E-state index contributed by atoms with van der Waals surface area (Å²) < 4.78 is 42.0. The molecule has 0 fully saturated rings. The molecule has 3 rings (SSSR count). The van der Waals surface area contributed by atoms with E-state index in [1.165, 1.54) is 24.3 Å². The van der Waals surface area contributed by atoms with Gasteiger partial charge in [0, 0.05) is 29.2 Å². The Labute approximate surface area is 183 Å². The first-order valence-electron chi connectivity index (χ1n) is 9.77. The smallest absolute Gasteiger partial charge is 0.372 e. The first-order chi connectivity index (χ1) is 14.6. The molecule has 5 nitrogen and oxygen atoms in total. The maximum atomic E-state index is 14.0. The van der Waals surface area contributed by atoms with Crippen LogP contribution in [0.25, 0.3) is 0 Å². The highest BCUT2D eigenvalue weighted by molar-refractivity contribution is 6.32. The Hall–Kier alpha value is -2.60. The fourth-order valence-corrected chi connectivity index (χ4v) is 4.20. The Morgan fingerprint density at radius 1 is 1.23 bits per heavy atom. The average molecular weight is 452 g/mol. The number of hydrogen-bond donors (Lipinski definition) is 1. The molecule has 0 saturated carbocycles. The van der Waals surface area contributed by atoms with Gasteiger partial charge in [-0.25, -0.2) is 0 Å². The third kappa shape index (κ3) is 3.89. The van der Waals surface area contributed by atoms with Crippen LogP contribution in [-0.4, -0.2) is 42.1 Å². The van der Waals surface area contributed by atoms with Crippen LogP contribution >= 0.6 is 11.6 Å². The molecule has 2 aromatic carbocycles. The van der Waals surface area contributed by atoms with Gasteiger partial charge in [-0.05, 0) is 31.3 Å². The summed E-state index contributed by atoms with van der Waals surface area (Å²) in [6.45, 7) is 5.66. The second-order valence-corrected chi connectivity index (χ2v) is 7.61. The minimum atomic E-state index is -4.90. The van der Waals surface area contributed by atoms with Crippen LogP contribution in [0.5, 0.6) is 0 Å². The normalized spacial score (nSPS) is 18.4. The van der Waals surface area contributed by atoms with E-state index in [1.54, 1.807) is 12.1 Å². The van der Waals surface area contributed by atoms with Gasteiger partial charge in [-0.1, -0.05) is 43.6 Å². The third-order valence-electron chi connectivity index (χ3n) is 5.56. The molecule has 1 aliphatic rings. The molecular weight excluding hydrogens is 431 g/mol. The highest BCUT2D eigenvalue weighted by Crippen LogP contribution is 2.51. The number of hydrogen-bond acceptors (Lipinski definition) is 4. The molecule has 9 heteroatoms. The van der Waals surface area contributed by atoms with E-state index in [4.69, 9.17) is 11.6 Å². The predicted octanol–water partition coefficient (Wildman–Crippen LogP) is 4.15. The molecule has 1 N–H and O–H groups in total. The fraction of sp³-hybridized carbons (Fsp3) is 0.364. The van der Waals surface area contributed by atoms with Gasteiger partial charge >= 0.3 is 6.18 Å². The molecule has 1 amide bonds. The number of carbonyl (C=O) groups excluding carboxylic acids is 1. The molecule has 1 atom stereocenters. The van der Waals surface area contributed by atoms with Crippen molar-refractivity contribution in [3.8, 4) is 6.07 Å². The van der Waals surface area contributed by atoms with E-state index in [2.05, 4.69) is 0 Å². The van der Waals surface area contributed by atoms with Gasteiger partial charge in [-0.2, -0.15) is 18.4 Å². The maximum Gasteiger partial charge on any atom is 0.416 e. The van der Waals surface area contributed by atoms with Crippen molar-refractivity contribution >= 4 is 23.2 Å². The van der Waals surface area contributed by atoms with Gasteiger partial charge in [-0.15, -0.1) is 0 Å². The highest BCUT2D eigenvalue weighted by atomic mass is 35.5. The first-order valence-corrected chi connectivity index (χ1v) is 10.1. The number of nitrogens with zero attached hydrogens (tertiary/aromatic N) is 3. The van der Waals surface area contributed by atoms with E-state index in [1.807, 2.05) is 18.7 Å². The van der Waals surface area contributed by atoms with Crippen LogP contribution in [0.4, 0.5) is 18.9 Å². The second kappa shape index (κ2) is 8.50. The lowest BCUT2D eigenvalue weighted by Gasteiger charge is -2.27. The molecule has 2 aromatic rings. The zero-order chi connectivity index (χ0) is 23.0. The number of nitriles is 1. The van der Waals surface area contributed by atoms with Crippen LogP contribution in [0, 0.1) is 11.3 Å². The van der Waals surface area contributed by atoms with Crippen LogP contribution in [0.3, 0.4) is 0 Å². The Balaban J connectivity index is 2.29. The SMILES string of the molecule is CCN(CC)CCN1C(=O)[C@@](O)(c2ccccc2Cl)c2c1cc(C#N)cc2C(F)(F)F. The molecule has 0 saturated heterocycles. The van der Waals surface area contributed by atoms with Gasteiger partial charge in [0.1, 0.15) is 0 Å². The van der Waals surface area contributed by atoms with Crippen LogP contribution in [-0.2, 0) is 16.6 Å². The van der Waals surface area contributed by atoms with Gasteiger partial charge in [0.2, 0.25) is 0 Å². The molecule has 0 aliphatic carbocycles. The molecule has 0 bridgehead atoms. The Morgan fingerprint density at radius 2 is 1.87 bits per heavy atom. The zero-order valence-corrected chi connectivity index (χ0v) is 17.8. The lowest BCUT2D eigenvalue weighted by molar-refractivity contribution is -0.142. The van der Waals surface area contributed by atoms with Gasteiger partial charge in [0.25, 0.3) is 5.91 Å². The Bertz CT molecular complexity index is 1050. The molecule has 164 valence electrons. The molecule has 0 spiro atoms. The summed E-state index contributed by atoms with van der Waals surface area (Å²) in [6, 6.07) is 9.35. The number of alkyl halides is 3. The van der Waals surface area contributed by atoms with Crippen molar-refractivity contribution in [1.29, 1.82) is 5.26 Å². The summed E-state index contributed by atoms with van der Waals surface area (Å²) in [5.41, 5.74) is -4.99. The van der Waals surface area contributed by atoms with Crippen molar-refractivity contribution in [1.82, 2.24) is 4.90 Å². The summed E-state index contributed by atoms with van der Waals surface area (Å²) in [5, 5.41) is 20.8. The summed E-state index contributed by atoms with van der Waals surface area (Å²) in [5.74, 6) is -0.927. The third-order valence-corrected chi connectivity index (χ3v) is 5.89. The van der Waals surface area contributed by atoms with Gasteiger partial charge in [0.05, 0.1) is 22.9 Å². The summed E-state index contributed by atoms with van der Waals surface area (Å²) >= 11 is 6.20. The molecular formula is C22H21ClF3N3O2. The number of amides is 1. The zero-order valence-electron chi connectivity index (χ0n) is 17.0. The molecule has 0 unspecified atom stereocenters. The van der Waals surface area contributed by atoms with E-state index >= 15 is 0 Å². The summed E-state index contributed by atoms with van der Waals surface area (Å²) in [6.07, 6.45) is -4.90. The average Bonchev–Trinajstić information content (AvgIpc) is 2.95. The number of likely N-dealkylation sites (N-methyl/N-ethyl adjacent to an activating group) is 1. The molecule has 1 aliphatic heterocycles. The lowest BCUT2D eigenvalue weighted by atomic mass is 9.84. The van der Waals surface area contributed by atoms with E-state index < -0.39 is 28.8 Å². The number of fused-ring (bicyclic) bond motifs is 1.